The van der Waals surface area contributed by atoms with Gasteiger partial charge in [0.1, 0.15) is 5.82 Å². The van der Waals surface area contributed by atoms with Gasteiger partial charge in [-0.05, 0) is 46.9 Å². The Bertz CT molecular complexity index is 467. The number of aliphatic carboxylic acids is 1. The molecule has 5 heteroatoms. The Morgan fingerprint density at radius 1 is 1.47 bits per heavy atom. The third kappa shape index (κ3) is 3.76. The molecule has 0 saturated carbocycles. The van der Waals surface area contributed by atoms with Crippen molar-refractivity contribution in [3.8, 4) is 0 Å². The molecule has 1 saturated heterocycles. The SMILES string of the molecule is O=C(O)CC1CCCCN1Cc1cccc(F)c1Br. The largest absolute Gasteiger partial charge is 0.481 e. The molecule has 0 aromatic heterocycles. The van der Waals surface area contributed by atoms with E-state index in [-0.39, 0.29) is 18.3 Å². The fourth-order valence-corrected chi connectivity index (χ4v) is 2.98. The zero-order valence-corrected chi connectivity index (χ0v) is 12.2. The molecule has 2 rings (SSSR count). The minimum absolute atomic E-state index is 0.0569. The second kappa shape index (κ2) is 6.48. The highest BCUT2D eigenvalue weighted by molar-refractivity contribution is 9.10. The maximum Gasteiger partial charge on any atom is 0.304 e. The first kappa shape index (κ1) is 14.5. The van der Waals surface area contributed by atoms with Gasteiger partial charge in [-0.15, -0.1) is 0 Å². The van der Waals surface area contributed by atoms with E-state index in [1.54, 1.807) is 6.07 Å². The van der Waals surface area contributed by atoms with E-state index in [9.17, 15) is 9.18 Å². The number of piperidine rings is 1. The van der Waals surface area contributed by atoms with Gasteiger partial charge in [0.15, 0.2) is 0 Å². The molecule has 19 heavy (non-hydrogen) atoms. The Labute approximate surface area is 120 Å². The minimum Gasteiger partial charge on any atom is -0.481 e. The lowest BCUT2D eigenvalue weighted by Gasteiger charge is -2.35. The lowest BCUT2D eigenvalue weighted by molar-refractivity contribution is -0.138. The Balaban J connectivity index is 2.10. The Morgan fingerprint density at radius 3 is 3.00 bits per heavy atom. The van der Waals surface area contributed by atoms with Crippen molar-refractivity contribution in [3.05, 3.63) is 34.1 Å². The highest BCUT2D eigenvalue weighted by Gasteiger charge is 2.25. The van der Waals surface area contributed by atoms with Gasteiger partial charge in [-0.25, -0.2) is 4.39 Å². The van der Waals surface area contributed by atoms with E-state index < -0.39 is 5.97 Å². The molecule has 0 amide bonds. The minimum atomic E-state index is -0.768. The maximum atomic E-state index is 13.5. The summed E-state index contributed by atoms with van der Waals surface area (Å²) in [6.07, 6.45) is 3.20. The van der Waals surface area contributed by atoms with E-state index >= 15 is 0 Å². The molecule has 0 bridgehead atoms. The molecule has 1 aliphatic rings. The topological polar surface area (TPSA) is 40.5 Å². The van der Waals surface area contributed by atoms with Crippen LogP contribution in [0, 0.1) is 5.82 Å². The molecule has 1 fully saturated rings. The third-order valence-electron chi connectivity index (χ3n) is 3.56. The molecule has 104 valence electrons. The molecule has 1 unspecified atom stereocenters. The Morgan fingerprint density at radius 2 is 2.26 bits per heavy atom. The summed E-state index contributed by atoms with van der Waals surface area (Å²) in [5.41, 5.74) is 0.872. The van der Waals surface area contributed by atoms with E-state index in [0.29, 0.717) is 11.0 Å². The summed E-state index contributed by atoms with van der Waals surface area (Å²) in [6.45, 7) is 1.47. The molecule has 1 N–H and O–H groups in total. The molecule has 1 heterocycles. The van der Waals surface area contributed by atoms with Crippen LogP contribution in [0.5, 0.6) is 0 Å². The fourth-order valence-electron chi connectivity index (χ4n) is 2.59. The zero-order valence-electron chi connectivity index (χ0n) is 10.6. The Hall–Kier alpha value is -0.940. The third-order valence-corrected chi connectivity index (χ3v) is 4.45. The number of benzene rings is 1. The van der Waals surface area contributed by atoms with Crippen LogP contribution in [-0.2, 0) is 11.3 Å². The van der Waals surface area contributed by atoms with E-state index in [1.807, 2.05) is 6.07 Å². The van der Waals surface area contributed by atoms with Gasteiger partial charge in [-0.1, -0.05) is 18.6 Å². The highest BCUT2D eigenvalue weighted by Crippen LogP contribution is 2.26. The van der Waals surface area contributed by atoms with E-state index in [4.69, 9.17) is 5.11 Å². The van der Waals surface area contributed by atoms with Gasteiger partial charge in [-0.2, -0.15) is 0 Å². The quantitative estimate of drug-likeness (QED) is 0.920. The van der Waals surface area contributed by atoms with E-state index in [1.165, 1.54) is 6.07 Å². The van der Waals surface area contributed by atoms with E-state index in [2.05, 4.69) is 20.8 Å². The Kier molecular flexibility index (Phi) is 4.93. The summed E-state index contributed by atoms with van der Waals surface area (Å²) < 4.78 is 14.0. The molecule has 0 spiro atoms. The monoisotopic (exact) mass is 329 g/mol. The van der Waals surface area contributed by atoms with Crippen molar-refractivity contribution < 1.29 is 14.3 Å². The van der Waals surface area contributed by atoms with Gasteiger partial charge in [0, 0.05) is 12.6 Å². The average molecular weight is 330 g/mol. The summed E-state index contributed by atoms with van der Waals surface area (Å²) in [7, 11) is 0. The van der Waals surface area contributed by atoms with Crippen LogP contribution in [0.4, 0.5) is 4.39 Å². The smallest absolute Gasteiger partial charge is 0.304 e. The van der Waals surface area contributed by atoms with Gasteiger partial charge in [0.05, 0.1) is 10.9 Å². The molecule has 1 atom stereocenters. The second-order valence-electron chi connectivity index (χ2n) is 4.93. The van der Waals surface area contributed by atoms with Crippen LogP contribution in [0.25, 0.3) is 0 Å². The van der Waals surface area contributed by atoms with Gasteiger partial charge < -0.3 is 5.11 Å². The van der Waals surface area contributed by atoms with Gasteiger partial charge in [0.2, 0.25) is 0 Å². The molecule has 1 aromatic rings. The molecule has 0 radical (unpaired) electrons. The molecular weight excluding hydrogens is 313 g/mol. The first-order valence-electron chi connectivity index (χ1n) is 6.46. The van der Waals surface area contributed by atoms with Crippen LogP contribution < -0.4 is 0 Å². The van der Waals surface area contributed by atoms with Crippen LogP contribution in [-0.4, -0.2) is 28.6 Å². The summed E-state index contributed by atoms with van der Waals surface area (Å²) in [6, 6.07) is 5.03. The number of likely N-dealkylation sites (tertiary alicyclic amines) is 1. The summed E-state index contributed by atoms with van der Waals surface area (Å²) in [4.78, 5) is 13.0. The lowest BCUT2D eigenvalue weighted by Crippen LogP contribution is -2.40. The summed E-state index contributed by atoms with van der Waals surface area (Å²) >= 11 is 3.26. The molecule has 1 aromatic carbocycles. The van der Waals surface area contributed by atoms with Crippen molar-refractivity contribution in [2.45, 2.75) is 38.3 Å². The van der Waals surface area contributed by atoms with Crippen LogP contribution in [0.2, 0.25) is 0 Å². The number of carbonyl (C=O) groups is 1. The first-order valence-corrected chi connectivity index (χ1v) is 7.26. The van der Waals surface area contributed by atoms with Crippen LogP contribution >= 0.6 is 15.9 Å². The average Bonchev–Trinajstić information content (AvgIpc) is 2.36. The van der Waals surface area contributed by atoms with Gasteiger partial charge >= 0.3 is 5.97 Å². The van der Waals surface area contributed by atoms with Crippen molar-refractivity contribution in [3.63, 3.8) is 0 Å². The van der Waals surface area contributed by atoms with E-state index in [0.717, 1.165) is 31.4 Å². The van der Waals surface area contributed by atoms with Crippen LogP contribution in [0.3, 0.4) is 0 Å². The number of nitrogens with zero attached hydrogens (tertiary/aromatic N) is 1. The standard InChI is InChI=1S/C14H17BrFNO2/c15-14-10(4-3-6-12(14)16)9-17-7-2-1-5-11(17)8-13(18)19/h3-4,6,11H,1-2,5,7-9H2,(H,18,19). The number of hydrogen-bond donors (Lipinski definition) is 1. The zero-order chi connectivity index (χ0) is 13.8. The van der Waals surface area contributed by atoms with Crippen molar-refractivity contribution >= 4 is 21.9 Å². The number of hydrogen-bond acceptors (Lipinski definition) is 2. The number of rotatable bonds is 4. The van der Waals surface area contributed by atoms with Crippen molar-refractivity contribution in [1.82, 2.24) is 4.90 Å². The predicted molar refractivity (Wildman–Crippen MR) is 74.4 cm³/mol. The molecular formula is C14H17BrFNO2. The summed E-state index contributed by atoms with van der Waals surface area (Å²) in [5.74, 6) is -1.04. The molecule has 3 nitrogen and oxygen atoms in total. The normalized spacial score (nSPS) is 20.4. The summed E-state index contributed by atoms with van der Waals surface area (Å²) in [5, 5.41) is 8.95. The number of carboxylic acids is 1. The van der Waals surface area contributed by atoms with Gasteiger partial charge in [-0.3, -0.25) is 9.69 Å². The van der Waals surface area contributed by atoms with Crippen LogP contribution in [0.1, 0.15) is 31.2 Å². The van der Waals surface area contributed by atoms with Crippen molar-refractivity contribution in [2.24, 2.45) is 0 Å². The molecule has 1 aliphatic heterocycles. The number of carboxylic acid groups (broad SMARTS) is 1. The second-order valence-corrected chi connectivity index (χ2v) is 5.72. The maximum absolute atomic E-state index is 13.5. The predicted octanol–water partition coefficient (Wildman–Crippen LogP) is 3.42. The molecule has 0 aliphatic carbocycles. The van der Waals surface area contributed by atoms with Crippen LogP contribution in [0.15, 0.2) is 22.7 Å². The van der Waals surface area contributed by atoms with Gasteiger partial charge in [0.25, 0.3) is 0 Å². The number of halogens is 2. The first-order chi connectivity index (χ1) is 9.08. The van der Waals surface area contributed by atoms with Crippen molar-refractivity contribution in [1.29, 1.82) is 0 Å². The fraction of sp³-hybridized carbons (Fsp3) is 0.500. The van der Waals surface area contributed by atoms with Crippen molar-refractivity contribution in [2.75, 3.05) is 6.54 Å². The lowest BCUT2D eigenvalue weighted by atomic mass is 9.98. The highest BCUT2D eigenvalue weighted by atomic mass is 79.9.